The van der Waals surface area contributed by atoms with E-state index in [4.69, 9.17) is 19.0 Å². The molecule has 1 unspecified atom stereocenters. The lowest BCUT2D eigenvalue weighted by Gasteiger charge is -2.31. The summed E-state index contributed by atoms with van der Waals surface area (Å²) in [6, 6.07) is 0.829. The van der Waals surface area contributed by atoms with Crippen molar-refractivity contribution in [3.8, 4) is 0 Å². The molecule has 0 radical (unpaired) electrons. The first-order chi connectivity index (χ1) is 7.67. The molecule has 0 fully saturated rings. The zero-order valence-electron chi connectivity index (χ0n) is 11.1. The SMILES string of the molecule is CCO[Si](CC(CC)CN)(OCC)OCC. The average molecular weight is 249 g/mol. The van der Waals surface area contributed by atoms with E-state index in [2.05, 4.69) is 6.92 Å². The molecule has 0 rings (SSSR count). The van der Waals surface area contributed by atoms with Crippen LogP contribution in [-0.2, 0) is 13.3 Å². The van der Waals surface area contributed by atoms with Crippen molar-refractivity contribution in [2.24, 2.45) is 11.7 Å². The molecule has 0 spiro atoms. The molecule has 0 aromatic carbocycles. The van der Waals surface area contributed by atoms with Crippen molar-refractivity contribution >= 4 is 8.80 Å². The van der Waals surface area contributed by atoms with Gasteiger partial charge in [0.25, 0.3) is 0 Å². The van der Waals surface area contributed by atoms with E-state index in [9.17, 15) is 0 Å². The zero-order valence-corrected chi connectivity index (χ0v) is 12.1. The van der Waals surface area contributed by atoms with Crippen molar-refractivity contribution in [1.82, 2.24) is 0 Å². The second kappa shape index (κ2) is 9.12. The van der Waals surface area contributed by atoms with Crippen LogP contribution in [0.25, 0.3) is 0 Å². The molecule has 4 nitrogen and oxygen atoms in total. The Morgan fingerprint density at radius 3 is 1.62 bits per heavy atom. The van der Waals surface area contributed by atoms with Gasteiger partial charge < -0.3 is 19.0 Å². The second-order valence-electron chi connectivity index (χ2n) is 3.70. The third-order valence-corrected chi connectivity index (χ3v) is 5.80. The molecule has 0 aromatic heterocycles. The van der Waals surface area contributed by atoms with Crippen LogP contribution in [0.1, 0.15) is 34.1 Å². The van der Waals surface area contributed by atoms with Gasteiger partial charge in [0.1, 0.15) is 0 Å². The van der Waals surface area contributed by atoms with Gasteiger partial charge in [0.2, 0.25) is 0 Å². The Hall–Kier alpha value is 0.0569. The van der Waals surface area contributed by atoms with Crippen molar-refractivity contribution < 1.29 is 13.3 Å². The summed E-state index contributed by atoms with van der Waals surface area (Å²) in [6.07, 6.45) is 1.04. The number of hydrogen-bond donors (Lipinski definition) is 1. The first kappa shape index (κ1) is 16.1. The molecule has 2 N–H and O–H groups in total. The third kappa shape index (κ3) is 5.40. The van der Waals surface area contributed by atoms with Crippen LogP contribution in [0.5, 0.6) is 0 Å². The molecular weight excluding hydrogens is 222 g/mol. The summed E-state index contributed by atoms with van der Waals surface area (Å²) < 4.78 is 17.4. The molecule has 1 atom stereocenters. The van der Waals surface area contributed by atoms with Gasteiger partial charge in [-0.2, -0.15) is 0 Å². The smallest absolute Gasteiger partial charge is 0.374 e. The Balaban J connectivity index is 4.56. The van der Waals surface area contributed by atoms with Crippen LogP contribution in [0.2, 0.25) is 6.04 Å². The van der Waals surface area contributed by atoms with Crippen LogP contribution in [0.4, 0.5) is 0 Å². The predicted octanol–water partition coefficient (Wildman–Crippen LogP) is 2.02. The van der Waals surface area contributed by atoms with E-state index in [-0.39, 0.29) is 0 Å². The summed E-state index contributed by atoms with van der Waals surface area (Å²) in [7, 11) is -2.48. The van der Waals surface area contributed by atoms with Crippen LogP contribution >= 0.6 is 0 Å². The summed E-state index contributed by atoms with van der Waals surface area (Å²) in [4.78, 5) is 0. The van der Waals surface area contributed by atoms with E-state index in [1.54, 1.807) is 0 Å². The maximum Gasteiger partial charge on any atom is 0.501 e. The van der Waals surface area contributed by atoms with Gasteiger partial charge >= 0.3 is 8.80 Å². The minimum atomic E-state index is -2.48. The minimum absolute atomic E-state index is 0.427. The molecule has 98 valence electrons. The highest BCUT2D eigenvalue weighted by Crippen LogP contribution is 2.23. The highest BCUT2D eigenvalue weighted by atomic mass is 28.4. The lowest BCUT2D eigenvalue weighted by Crippen LogP contribution is -2.48. The molecule has 0 aliphatic carbocycles. The Morgan fingerprint density at radius 2 is 1.38 bits per heavy atom. The molecule has 0 aliphatic rings. The summed E-state index contributed by atoms with van der Waals surface area (Å²) in [6.45, 7) is 10.6. The van der Waals surface area contributed by atoms with Crippen LogP contribution in [0, 0.1) is 5.92 Å². The molecule has 0 aromatic rings. The Kier molecular flexibility index (Phi) is 9.16. The largest absolute Gasteiger partial charge is 0.501 e. The highest BCUT2D eigenvalue weighted by Gasteiger charge is 2.41. The third-order valence-electron chi connectivity index (χ3n) is 2.54. The summed E-state index contributed by atoms with van der Waals surface area (Å²) >= 11 is 0. The molecular formula is C11H27NO3Si. The van der Waals surface area contributed by atoms with Crippen molar-refractivity contribution in [1.29, 1.82) is 0 Å². The topological polar surface area (TPSA) is 53.7 Å². The van der Waals surface area contributed by atoms with Gasteiger partial charge in [-0.3, -0.25) is 0 Å². The zero-order chi connectivity index (χ0) is 12.4. The Labute approximate surface area is 101 Å². The van der Waals surface area contributed by atoms with Gasteiger partial charge in [0.05, 0.1) is 0 Å². The first-order valence-electron chi connectivity index (χ1n) is 6.29. The normalized spacial score (nSPS) is 14.1. The van der Waals surface area contributed by atoms with E-state index in [0.29, 0.717) is 32.3 Å². The van der Waals surface area contributed by atoms with Gasteiger partial charge in [0.15, 0.2) is 0 Å². The summed E-state index contributed by atoms with van der Waals surface area (Å²) in [5, 5.41) is 0. The molecule has 0 bridgehead atoms. The highest BCUT2D eigenvalue weighted by molar-refractivity contribution is 6.60. The maximum absolute atomic E-state index is 5.78. The van der Waals surface area contributed by atoms with E-state index in [1.807, 2.05) is 20.8 Å². The lowest BCUT2D eigenvalue weighted by molar-refractivity contribution is 0.0671. The molecule has 0 aliphatic heterocycles. The van der Waals surface area contributed by atoms with Crippen LogP contribution < -0.4 is 5.73 Å². The molecule has 0 saturated carbocycles. The number of rotatable bonds is 10. The fourth-order valence-corrected chi connectivity index (χ4v) is 4.79. The van der Waals surface area contributed by atoms with Crippen molar-refractivity contribution in [2.45, 2.75) is 40.2 Å². The van der Waals surface area contributed by atoms with Crippen LogP contribution in [0.3, 0.4) is 0 Å². The molecule has 0 amide bonds. The van der Waals surface area contributed by atoms with E-state index >= 15 is 0 Å². The minimum Gasteiger partial charge on any atom is -0.374 e. The van der Waals surface area contributed by atoms with Crippen LogP contribution in [-0.4, -0.2) is 35.2 Å². The van der Waals surface area contributed by atoms with Crippen molar-refractivity contribution in [2.75, 3.05) is 26.4 Å². The predicted molar refractivity (Wildman–Crippen MR) is 68.3 cm³/mol. The van der Waals surface area contributed by atoms with E-state index in [0.717, 1.165) is 12.5 Å². The van der Waals surface area contributed by atoms with Gasteiger partial charge in [0, 0.05) is 25.9 Å². The van der Waals surface area contributed by atoms with Gasteiger partial charge in [-0.15, -0.1) is 0 Å². The Bertz CT molecular complexity index is 148. The molecule has 0 saturated heterocycles. The summed E-state index contributed by atoms with van der Waals surface area (Å²) in [5.74, 6) is 0.427. The van der Waals surface area contributed by atoms with Crippen LogP contribution in [0.15, 0.2) is 0 Å². The van der Waals surface area contributed by atoms with E-state index in [1.165, 1.54) is 0 Å². The van der Waals surface area contributed by atoms with E-state index < -0.39 is 8.80 Å². The number of nitrogens with two attached hydrogens (primary N) is 1. The van der Waals surface area contributed by atoms with Gasteiger partial charge in [-0.05, 0) is 33.2 Å². The molecule has 16 heavy (non-hydrogen) atoms. The standard InChI is InChI=1S/C11H27NO3Si/c1-5-11(9-12)10-16(13-6-2,14-7-3)15-8-4/h11H,5-10,12H2,1-4H3. The first-order valence-corrected chi connectivity index (χ1v) is 8.23. The van der Waals surface area contributed by atoms with Crippen molar-refractivity contribution in [3.63, 3.8) is 0 Å². The number of hydrogen-bond acceptors (Lipinski definition) is 4. The monoisotopic (exact) mass is 249 g/mol. The van der Waals surface area contributed by atoms with Crippen molar-refractivity contribution in [3.05, 3.63) is 0 Å². The fourth-order valence-electron chi connectivity index (χ4n) is 1.71. The fraction of sp³-hybridized carbons (Fsp3) is 1.00. The van der Waals surface area contributed by atoms with Gasteiger partial charge in [-0.25, -0.2) is 0 Å². The average Bonchev–Trinajstić information content (AvgIpc) is 2.27. The second-order valence-corrected chi connectivity index (χ2v) is 6.34. The quantitative estimate of drug-likeness (QED) is 0.602. The molecule has 0 heterocycles. The van der Waals surface area contributed by atoms with Gasteiger partial charge in [-0.1, -0.05) is 13.3 Å². The lowest BCUT2D eigenvalue weighted by atomic mass is 10.1. The summed E-state index contributed by atoms with van der Waals surface area (Å²) in [5.41, 5.74) is 5.73. The Morgan fingerprint density at radius 1 is 0.938 bits per heavy atom. The maximum atomic E-state index is 5.78. The molecule has 5 heteroatoms.